The third-order valence-corrected chi connectivity index (χ3v) is 12.4. The minimum absolute atomic E-state index is 0.0489. The molecule has 16 heteroatoms. The maximum absolute atomic E-state index is 14.4. The molecule has 0 radical (unpaired) electrons. The quantitative estimate of drug-likeness (QED) is 0.303. The summed E-state index contributed by atoms with van der Waals surface area (Å²) >= 11 is 0. The van der Waals surface area contributed by atoms with Gasteiger partial charge in [-0.3, -0.25) is 14.4 Å². The third-order valence-electron chi connectivity index (χ3n) is 11.3. The number of carbonyl (C=O) groups is 5. The summed E-state index contributed by atoms with van der Waals surface area (Å²) in [6.45, 7) is 0.717. The Hall–Kier alpha value is -4.18. The monoisotopic (exact) mass is 754 g/mol. The molecule has 53 heavy (non-hydrogen) atoms. The van der Waals surface area contributed by atoms with Crippen LogP contribution in [0.5, 0.6) is 0 Å². The van der Waals surface area contributed by atoms with Crippen molar-refractivity contribution < 1.29 is 41.9 Å². The highest BCUT2D eigenvalue weighted by Crippen LogP contribution is 2.46. The highest BCUT2D eigenvalue weighted by Gasteiger charge is 2.62. The predicted octanol–water partition coefficient (Wildman–Crippen LogP) is 2.70. The SMILES string of the molecule is O=C(N[C@H]1CCCCC/C=C\[C@H]2C[C@@]2(C(=O)NS(=O)(=O)NC2CC2)NC(=O)[C@@H]2C[C@@H](OC(=O)N3CCc4ccccc4C3)CN2C1=O)OC1CCCC1. The van der Waals surface area contributed by atoms with E-state index >= 15 is 0 Å². The fourth-order valence-corrected chi connectivity index (χ4v) is 9.19. The maximum Gasteiger partial charge on any atom is 0.410 e. The average molecular weight is 755 g/mol. The molecule has 1 saturated heterocycles. The Balaban J connectivity index is 1.11. The molecule has 7 rings (SSSR count). The van der Waals surface area contributed by atoms with E-state index in [4.69, 9.17) is 9.47 Å². The number of rotatable bonds is 7. The Kier molecular flexibility index (Phi) is 11.0. The van der Waals surface area contributed by atoms with Crippen molar-refractivity contribution in [1.82, 2.24) is 29.9 Å². The van der Waals surface area contributed by atoms with E-state index in [9.17, 15) is 32.4 Å². The molecule has 4 N–H and O–H groups in total. The summed E-state index contributed by atoms with van der Waals surface area (Å²) in [5.41, 5.74) is 0.631. The fourth-order valence-electron chi connectivity index (χ4n) is 8.03. The van der Waals surface area contributed by atoms with Gasteiger partial charge < -0.3 is 29.9 Å². The molecule has 3 aliphatic carbocycles. The van der Waals surface area contributed by atoms with E-state index in [1.54, 1.807) is 4.90 Å². The molecule has 0 bridgehead atoms. The lowest BCUT2D eigenvalue weighted by Gasteiger charge is -2.30. The number of carbonyl (C=O) groups excluding carboxylic acids is 5. The largest absolute Gasteiger partial charge is 0.446 e. The Bertz CT molecular complexity index is 1730. The third kappa shape index (κ3) is 8.97. The molecule has 6 aliphatic rings. The van der Waals surface area contributed by atoms with Crippen LogP contribution >= 0.6 is 0 Å². The van der Waals surface area contributed by atoms with Crippen LogP contribution in [0.3, 0.4) is 0 Å². The maximum atomic E-state index is 14.4. The zero-order valence-electron chi connectivity index (χ0n) is 29.9. The molecule has 1 aromatic carbocycles. The molecular weight excluding hydrogens is 705 g/mol. The smallest absolute Gasteiger partial charge is 0.410 e. The number of benzene rings is 1. The lowest BCUT2D eigenvalue weighted by Crippen LogP contribution is -2.59. The van der Waals surface area contributed by atoms with Crippen LogP contribution in [0.25, 0.3) is 0 Å². The van der Waals surface area contributed by atoms with Gasteiger partial charge in [-0.1, -0.05) is 49.3 Å². The minimum Gasteiger partial charge on any atom is -0.446 e. The van der Waals surface area contributed by atoms with Gasteiger partial charge in [-0.15, -0.1) is 0 Å². The second-order valence-electron chi connectivity index (χ2n) is 15.4. The van der Waals surface area contributed by atoms with Gasteiger partial charge in [-0.05, 0) is 81.8 Å². The van der Waals surface area contributed by atoms with Crippen LogP contribution in [-0.2, 0) is 47.0 Å². The first-order chi connectivity index (χ1) is 25.5. The summed E-state index contributed by atoms with van der Waals surface area (Å²) in [5, 5.41) is 5.59. The van der Waals surface area contributed by atoms with E-state index in [0.29, 0.717) is 51.6 Å². The van der Waals surface area contributed by atoms with Gasteiger partial charge >= 0.3 is 22.4 Å². The van der Waals surface area contributed by atoms with Crippen LogP contribution in [0.1, 0.15) is 94.6 Å². The summed E-state index contributed by atoms with van der Waals surface area (Å²) in [5.74, 6) is -2.52. The molecule has 0 unspecified atom stereocenters. The Morgan fingerprint density at radius 3 is 2.43 bits per heavy atom. The van der Waals surface area contributed by atoms with Crippen molar-refractivity contribution in [3.05, 3.63) is 47.5 Å². The zero-order chi connectivity index (χ0) is 37.2. The average Bonchev–Trinajstić information content (AvgIpc) is 3.95. The number of hydrogen-bond acceptors (Lipinski definition) is 9. The van der Waals surface area contributed by atoms with Crippen molar-refractivity contribution >= 4 is 40.1 Å². The number of nitrogens with zero attached hydrogens (tertiary/aromatic N) is 2. The zero-order valence-corrected chi connectivity index (χ0v) is 30.7. The molecule has 5 atom stereocenters. The lowest BCUT2D eigenvalue weighted by molar-refractivity contribution is -0.141. The molecule has 1 aromatic rings. The van der Waals surface area contributed by atoms with Crippen molar-refractivity contribution in [2.24, 2.45) is 5.92 Å². The predicted molar refractivity (Wildman–Crippen MR) is 191 cm³/mol. The molecule has 0 spiro atoms. The van der Waals surface area contributed by atoms with E-state index in [2.05, 4.69) is 20.1 Å². The first-order valence-corrected chi connectivity index (χ1v) is 20.6. The number of nitrogens with one attached hydrogen (secondary N) is 4. The van der Waals surface area contributed by atoms with Crippen molar-refractivity contribution in [2.45, 2.75) is 132 Å². The van der Waals surface area contributed by atoms with E-state index in [1.165, 1.54) is 4.90 Å². The molecule has 3 saturated carbocycles. The highest BCUT2D eigenvalue weighted by atomic mass is 32.2. The number of ether oxygens (including phenoxy) is 2. The first-order valence-electron chi connectivity index (χ1n) is 19.1. The summed E-state index contributed by atoms with van der Waals surface area (Å²) < 4.78 is 41.6. The molecule has 3 aliphatic heterocycles. The Morgan fingerprint density at radius 1 is 0.906 bits per heavy atom. The number of fused-ring (bicyclic) bond motifs is 3. The van der Waals surface area contributed by atoms with Gasteiger partial charge in [0.05, 0.1) is 6.54 Å². The van der Waals surface area contributed by atoms with E-state index in [-0.39, 0.29) is 31.5 Å². The summed E-state index contributed by atoms with van der Waals surface area (Å²) in [6, 6.07) is 5.48. The van der Waals surface area contributed by atoms with Crippen LogP contribution in [-0.4, -0.2) is 97.1 Å². The second-order valence-corrected chi connectivity index (χ2v) is 16.8. The Labute approximate surface area is 310 Å². The van der Waals surface area contributed by atoms with Crippen LogP contribution in [0.2, 0.25) is 0 Å². The summed E-state index contributed by atoms with van der Waals surface area (Å²) in [4.78, 5) is 71.8. The topological polar surface area (TPSA) is 193 Å². The van der Waals surface area contributed by atoms with Gasteiger partial charge in [0.15, 0.2) is 0 Å². The molecule has 0 aromatic heterocycles. The summed E-state index contributed by atoms with van der Waals surface area (Å²) in [6.07, 6.45) is 10.2. The fraction of sp³-hybridized carbons (Fsp3) is 0.649. The number of hydrogen-bond donors (Lipinski definition) is 4. The van der Waals surface area contributed by atoms with E-state index < -0.39 is 69.8 Å². The number of amides is 5. The van der Waals surface area contributed by atoms with Gasteiger partial charge in [-0.25, -0.2) is 14.3 Å². The minimum atomic E-state index is -4.17. The lowest BCUT2D eigenvalue weighted by atomic mass is 10.0. The number of allylic oxidation sites excluding steroid dienone is 1. The number of alkyl carbamates (subject to hydrolysis) is 1. The normalized spacial score (nSPS) is 30.0. The van der Waals surface area contributed by atoms with Crippen molar-refractivity contribution in [3.63, 3.8) is 0 Å². The van der Waals surface area contributed by atoms with E-state index in [0.717, 1.165) is 49.7 Å². The van der Waals surface area contributed by atoms with Crippen molar-refractivity contribution in [1.29, 1.82) is 0 Å². The molecule has 5 amide bonds. The van der Waals surface area contributed by atoms with E-state index in [1.807, 2.05) is 36.4 Å². The molecule has 15 nitrogen and oxygen atoms in total. The van der Waals surface area contributed by atoms with Crippen LogP contribution in [0, 0.1) is 5.92 Å². The van der Waals surface area contributed by atoms with Crippen molar-refractivity contribution in [3.8, 4) is 0 Å². The van der Waals surface area contributed by atoms with Gasteiger partial charge in [0, 0.05) is 31.5 Å². The van der Waals surface area contributed by atoms with Gasteiger partial charge in [0.25, 0.3) is 5.91 Å². The molecule has 4 fully saturated rings. The second kappa shape index (κ2) is 15.7. The van der Waals surface area contributed by atoms with Crippen LogP contribution < -0.4 is 20.1 Å². The first kappa shape index (κ1) is 37.1. The van der Waals surface area contributed by atoms with Gasteiger partial charge in [-0.2, -0.15) is 13.1 Å². The van der Waals surface area contributed by atoms with Crippen molar-refractivity contribution in [2.75, 3.05) is 13.1 Å². The van der Waals surface area contributed by atoms with Gasteiger partial charge in [0.2, 0.25) is 11.8 Å². The van der Waals surface area contributed by atoms with Crippen LogP contribution in [0.15, 0.2) is 36.4 Å². The molecule has 288 valence electrons. The van der Waals surface area contributed by atoms with Crippen LogP contribution in [0.4, 0.5) is 9.59 Å². The summed E-state index contributed by atoms with van der Waals surface area (Å²) in [7, 11) is -4.17. The molecule has 3 heterocycles. The standard InChI is InChI=1S/C37H50N6O9S/c44-32-31-20-29(52-36(48)42-19-18-24-10-6-7-11-25(24)22-42)23-43(31)33(45)30(38-35(47)51-28-13-8-9-14-28)15-5-3-1-2-4-12-26-21-37(26,39-32)34(46)41-53(49,50)40-27-16-17-27/h4,6-7,10-12,26-31,40H,1-3,5,8-9,13-23H2,(H,38,47)(H,39,44)(H,41,46)/b12-4-/t26-,29+,30-,31-,37+/m0/s1. The van der Waals surface area contributed by atoms with Gasteiger partial charge in [0.1, 0.15) is 29.8 Å². The highest BCUT2D eigenvalue weighted by molar-refractivity contribution is 7.88. The Morgan fingerprint density at radius 2 is 1.66 bits per heavy atom. The molecular formula is C37H50N6O9S.